The third-order valence-electron chi connectivity index (χ3n) is 5.88. The first-order valence-electron chi connectivity index (χ1n) is 11.2. The zero-order chi connectivity index (χ0) is 25.2. The molecule has 184 valence electrons. The number of amides is 2. The van der Waals surface area contributed by atoms with Crippen molar-refractivity contribution < 1.29 is 27.5 Å². The number of esters is 1. The van der Waals surface area contributed by atoms with Crippen LogP contribution in [-0.2, 0) is 29.1 Å². The Morgan fingerprint density at radius 1 is 1.00 bits per heavy atom. The molecule has 2 aromatic carbocycles. The average Bonchev–Trinajstić information content (AvgIpc) is 3.11. The molecule has 0 unspecified atom stereocenters. The molecule has 35 heavy (non-hydrogen) atoms. The fourth-order valence-corrected chi connectivity index (χ4v) is 5.28. The topological polar surface area (TPSA) is 134 Å². The van der Waals surface area contributed by atoms with Crippen LogP contribution >= 0.6 is 0 Å². The lowest BCUT2D eigenvalue weighted by molar-refractivity contribution is -0.158. The van der Waals surface area contributed by atoms with Gasteiger partial charge in [0.05, 0.1) is 5.92 Å². The van der Waals surface area contributed by atoms with Crippen molar-refractivity contribution in [3.05, 3.63) is 54.1 Å². The van der Waals surface area contributed by atoms with Crippen LogP contribution in [-0.4, -0.2) is 56.1 Å². The van der Waals surface area contributed by atoms with Crippen LogP contribution in [0.25, 0.3) is 0 Å². The second-order valence-corrected chi connectivity index (χ2v) is 10.0. The van der Waals surface area contributed by atoms with Crippen LogP contribution in [0.1, 0.15) is 32.3 Å². The summed E-state index contributed by atoms with van der Waals surface area (Å²) in [4.78, 5) is 38.3. The van der Waals surface area contributed by atoms with E-state index in [2.05, 4.69) is 15.0 Å². The van der Waals surface area contributed by atoms with Gasteiger partial charge in [-0.2, -0.15) is 8.42 Å². The van der Waals surface area contributed by atoms with E-state index in [1.807, 2.05) is 4.90 Å². The molecule has 10 nitrogen and oxygen atoms in total. The van der Waals surface area contributed by atoms with Gasteiger partial charge in [0.2, 0.25) is 5.91 Å². The molecule has 0 saturated carbocycles. The van der Waals surface area contributed by atoms with Gasteiger partial charge in [0.25, 0.3) is 15.9 Å². The summed E-state index contributed by atoms with van der Waals surface area (Å²) < 4.78 is 34.0. The average molecular weight is 499 g/mol. The number of carbonyl (C=O) groups is 3. The first-order chi connectivity index (χ1) is 16.6. The number of fused-ring (bicyclic) bond motifs is 1. The molecular formula is C24H26N4O6S. The molecule has 4 rings (SSSR count). The smallest absolute Gasteiger partial charge is 0.309 e. The van der Waals surface area contributed by atoms with Crippen LogP contribution in [0.15, 0.2) is 57.8 Å². The van der Waals surface area contributed by atoms with Crippen molar-refractivity contribution in [3.8, 4) is 0 Å². The maximum atomic E-state index is 12.7. The predicted octanol–water partition coefficient (Wildman–Crippen LogP) is 2.38. The molecule has 1 fully saturated rings. The minimum atomic E-state index is -3.70. The largest absolute Gasteiger partial charge is 0.452 e. The first-order valence-corrected chi connectivity index (χ1v) is 12.7. The van der Waals surface area contributed by atoms with Crippen LogP contribution in [0, 0.1) is 5.92 Å². The summed E-state index contributed by atoms with van der Waals surface area (Å²) >= 11 is 0. The van der Waals surface area contributed by atoms with Gasteiger partial charge in [-0.25, -0.2) is 0 Å². The Balaban J connectivity index is 1.29. The van der Waals surface area contributed by atoms with Gasteiger partial charge >= 0.3 is 5.97 Å². The van der Waals surface area contributed by atoms with Crippen molar-refractivity contribution in [2.75, 3.05) is 23.7 Å². The summed E-state index contributed by atoms with van der Waals surface area (Å²) in [6, 6.07) is 13.3. The van der Waals surface area contributed by atoms with E-state index < -0.39 is 33.9 Å². The van der Waals surface area contributed by atoms with Crippen molar-refractivity contribution in [3.63, 3.8) is 0 Å². The SMILES string of the molecule is CC(=O)Nc1ccc(NC(=O)[C@@H](C)OC(=O)C2CCN(C3=NS(=O)(=O)c4ccccc43)CC2)cc1. The van der Waals surface area contributed by atoms with Crippen molar-refractivity contribution in [1.29, 1.82) is 0 Å². The van der Waals surface area contributed by atoms with E-state index >= 15 is 0 Å². The molecule has 1 saturated heterocycles. The Bertz CT molecular complexity index is 1280. The van der Waals surface area contributed by atoms with Gasteiger partial charge in [0.1, 0.15) is 4.90 Å². The van der Waals surface area contributed by atoms with Gasteiger partial charge < -0.3 is 20.3 Å². The van der Waals surface area contributed by atoms with Gasteiger partial charge in [-0.15, -0.1) is 4.40 Å². The number of benzene rings is 2. The van der Waals surface area contributed by atoms with Gasteiger partial charge in [0, 0.05) is 37.0 Å². The zero-order valence-corrected chi connectivity index (χ0v) is 20.2. The Labute approximate surface area is 203 Å². The van der Waals surface area contributed by atoms with Crippen molar-refractivity contribution >= 4 is 45.0 Å². The lowest BCUT2D eigenvalue weighted by Crippen LogP contribution is -2.41. The van der Waals surface area contributed by atoms with Crippen LogP contribution in [0.4, 0.5) is 11.4 Å². The van der Waals surface area contributed by atoms with Crippen LogP contribution in [0.3, 0.4) is 0 Å². The Morgan fingerprint density at radius 2 is 1.60 bits per heavy atom. The molecule has 2 aliphatic rings. The normalized spacial score (nSPS) is 17.7. The summed E-state index contributed by atoms with van der Waals surface area (Å²) in [7, 11) is -3.70. The number of piperidine rings is 1. The predicted molar refractivity (Wildman–Crippen MR) is 129 cm³/mol. The first kappa shape index (κ1) is 24.4. The van der Waals surface area contributed by atoms with E-state index in [1.165, 1.54) is 19.9 Å². The van der Waals surface area contributed by atoms with Crippen molar-refractivity contribution in [2.45, 2.75) is 37.7 Å². The Morgan fingerprint density at radius 3 is 2.23 bits per heavy atom. The molecule has 2 aromatic rings. The van der Waals surface area contributed by atoms with Gasteiger partial charge in [-0.3, -0.25) is 14.4 Å². The molecule has 0 aliphatic carbocycles. The van der Waals surface area contributed by atoms with E-state index in [9.17, 15) is 22.8 Å². The number of nitrogens with one attached hydrogen (secondary N) is 2. The minimum Gasteiger partial charge on any atom is -0.452 e. The van der Waals surface area contributed by atoms with Crippen molar-refractivity contribution in [2.24, 2.45) is 10.3 Å². The highest BCUT2D eigenvalue weighted by Gasteiger charge is 2.35. The molecular weight excluding hydrogens is 472 g/mol. The number of anilines is 2. The second kappa shape index (κ2) is 9.87. The van der Waals surface area contributed by atoms with E-state index in [4.69, 9.17) is 4.74 Å². The minimum absolute atomic E-state index is 0.195. The number of amidine groups is 1. The number of sulfonamides is 1. The number of carbonyl (C=O) groups excluding carboxylic acids is 3. The van der Waals surface area contributed by atoms with Gasteiger partial charge in [0.15, 0.2) is 11.9 Å². The molecule has 2 amide bonds. The van der Waals surface area contributed by atoms with Gasteiger partial charge in [-0.1, -0.05) is 12.1 Å². The fraction of sp³-hybridized carbons (Fsp3) is 0.333. The standard InChI is InChI=1S/C24H26N4O6S/c1-15(23(30)26-19-9-7-18(8-10-19)25-16(2)29)34-24(31)17-11-13-28(14-12-17)22-20-5-3-4-6-21(20)35(32,33)27-22/h3-10,15,17H,11-14H2,1-2H3,(H,25,29)(H,26,30)/t15-/m1/s1. The summed E-state index contributed by atoms with van der Waals surface area (Å²) in [6.07, 6.45) is -0.0790. The summed E-state index contributed by atoms with van der Waals surface area (Å²) in [5.41, 5.74) is 1.68. The number of likely N-dealkylation sites (tertiary alicyclic amines) is 1. The van der Waals surface area contributed by atoms with Crippen LogP contribution in [0.5, 0.6) is 0 Å². The molecule has 1 atom stereocenters. The second-order valence-electron chi connectivity index (χ2n) is 8.47. The van der Waals surface area contributed by atoms with E-state index in [0.717, 1.165) is 0 Å². The molecule has 2 heterocycles. The van der Waals surface area contributed by atoms with Crippen LogP contribution in [0.2, 0.25) is 0 Å². The number of hydrogen-bond acceptors (Lipinski definition) is 7. The van der Waals surface area contributed by atoms with E-state index in [-0.39, 0.29) is 10.8 Å². The van der Waals surface area contributed by atoms with E-state index in [0.29, 0.717) is 48.7 Å². The van der Waals surface area contributed by atoms with Crippen molar-refractivity contribution in [1.82, 2.24) is 4.90 Å². The maximum absolute atomic E-state index is 12.7. The summed E-state index contributed by atoms with van der Waals surface area (Å²) in [5.74, 6) is -1.11. The third kappa shape index (κ3) is 5.51. The molecule has 2 N–H and O–H groups in total. The highest BCUT2D eigenvalue weighted by atomic mass is 32.2. The number of ether oxygens (including phenoxy) is 1. The molecule has 0 aromatic heterocycles. The summed E-state index contributed by atoms with van der Waals surface area (Å²) in [5, 5.41) is 5.32. The molecule has 0 spiro atoms. The molecule has 11 heteroatoms. The molecule has 0 radical (unpaired) electrons. The molecule has 2 aliphatic heterocycles. The Hall–Kier alpha value is -3.73. The monoisotopic (exact) mass is 498 g/mol. The number of nitrogens with zero attached hydrogens (tertiary/aromatic N) is 2. The molecule has 0 bridgehead atoms. The number of rotatable bonds is 5. The highest BCUT2D eigenvalue weighted by molar-refractivity contribution is 7.90. The zero-order valence-electron chi connectivity index (χ0n) is 19.4. The third-order valence-corrected chi connectivity index (χ3v) is 7.20. The lowest BCUT2D eigenvalue weighted by Gasteiger charge is -2.32. The van der Waals surface area contributed by atoms with E-state index in [1.54, 1.807) is 42.5 Å². The fourth-order valence-electron chi connectivity index (χ4n) is 4.05. The quantitative estimate of drug-likeness (QED) is 0.605. The lowest BCUT2D eigenvalue weighted by atomic mass is 9.96. The number of hydrogen-bond donors (Lipinski definition) is 2. The summed E-state index contributed by atoms with van der Waals surface area (Å²) in [6.45, 7) is 3.80. The maximum Gasteiger partial charge on any atom is 0.309 e. The van der Waals surface area contributed by atoms with Crippen LogP contribution < -0.4 is 10.6 Å². The highest BCUT2D eigenvalue weighted by Crippen LogP contribution is 2.30. The Kier molecular flexibility index (Phi) is 6.88. The van der Waals surface area contributed by atoms with Gasteiger partial charge in [-0.05, 0) is 56.2 Å².